The number of allylic oxidation sites excluding steroid dienone is 2. The van der Waals surface area contributed by atoms with E-state index in [1.807, 2.05) is 7.11 Å². The molecule has 0 fully saturated rings. The van der Waals surface area contributed by atoms with Crippen LogP contribution in [-0.4, -0.2) is 16.2 Å². The molecule has 22 heavy (non-hydrogen) atoms. The van der Waals surface area contributed by atoms with Crippen molar-refractivity contribution in [2.24, 2.45) is 0 Å². The first kappa shape index (κ1) is 16.0. The van der Waals surface area contributed by atoms with Crippen LogP contribution in [0.25, 0.3) is 12.2 Å². The molecule has 2 atom stereocenters. The van der Waals surface area contributed by atoms with Crippen LogP contribution in [0.4, 0.5) is 0 Å². The molecular weight excluding hydrogens is 295 g/mol. The van der Waals surface area contributed by atoms with Gasteiger partial charge in [0.2, 0.25) is 9.04 Å². The molecule has 1 nitrogen and oxygen atoms in total. The molecule has 0 saturated heterocycles. The van der Waals surface area contributed by atoms with Crippen LogP contribution in [0.2, 0.25) is 0 Å². The molecule has 0 bridgehead atoms. The molecule has 0 aliphatic heterocycles. The van der Waals surface area contributed by atoms with E-state index < -0.39 is 9.04 Å². The second-order valence-electron chi connectivity index (χ2n) is 5.54. The maximum atomic E-state index is 6.03. The van der Waals surface area contributed by atoms with Gasteiger partial charge >= 0.3 is 29.6 Å². The summed E-state index contributed by atoms with van der Waals surface area (Å²) < 4.78 is 6.03. The molecule has 1 radical (unpaired) electrons. The Labute approximate surface area is 157 Å². The Kier molecular flexibility index (Phi) is 4.86. The summed E-state index contributed by atoms with van der Waals surface area (Å²) in [6.45, 7) is 0. The molecule has 0 amide bonds. The Bertz CT molecular complexity index is 682. The van der Waals surface area contributed by atoms with Gasteiger partial charge in [-0.25, -0.2) is 0 Å². The Balaban J connectivity index is 0.000000960. The topological polar surface area (TPSA) is 9.23 Å². The fourth-order valence-electron chi connectivity index (χ4n) is 3.44. The largest absolute Gasteiger partial charge is 1.00 e. The molecule has 2 aliphatic carbocycles. The van der Waals surface area contributed by atoms with E-state index in [4.69, 9.17) is 4.43 Å². The van der Waals surface area contributed by atoms with Gasteiger partial charge in [-0.2, -0.15) is 0 Å². The molecule has 0 heterocycles. The molecule has 2 aliphatic rings. The average molecular weight is 313 g/mol. The molecule has 2 aromatic carbocycles. The molecule has 0 N–H and O–H groups in total. The van der Waals surface area contributed by atoms with E-state index in [0.717, 1.165) is 0 Å². The average Bonchev–Trinajstić information content (AvgIpc) is 3.14. The summed E-state index contributed by atoms with van der Waals surface area (Å²) in [5.74, 6) is 0. The fraction of sp³-hybridized carbons (Fsp3) is 0.158. The number of hydrogen-bond donors (Lipinski definition) is 0. The van der Waals surface area contributed by atoms with Crippen molar-refractivity contribution in [3.8, 4) is 0 Å². The summed E-state index contributed by atoms with van der Waals surface area (Å²) in [5.41, 5.74) is 6.39. The molecule has 4 rings (SSSR count). The second-order valence-corrected chi connectivity index (χ2v) is 7.99. The normalized spacial score (nSPS) is 20.8. The van der Waals surface area contributed by atoms with Gasteiger partial charge in [0.15, 0.2) is 0 Å². The van der Waals surface area contributed by atoms with Crippen LogP contribution in [0, 0.1) is 0 Å². The summed E-state index contributed by atoms with van der Waals surface area (Å²) in [7, 11) is 0.836. The van der Waals surface area contributed by atoms with Gasteiger partial charge in [-0.1, -0.05) is 72.8 Å². The van der Waals surface area contributed by atoms with Crippen molar-refractivity contribution in [1.29, 1.82) is 0 Å². The minimum Gasteiger partial charge on any atom is -1.00 e. The maximum Gasteiger partial charge on any atom is 1.00 e. The van der Waals surface area contributed by atoms with Gasteiger partial charge in [-0.3, -0.25) is 0 Å². The molecule has 2 unspecified atom stereocenters. The van der Waals surface area contributed by atoms with Crippen LogP contribution in [0.1, 0.15) is 34.8 Å². The standard InChI is InChI=1S/C19H17OSi.Na.H/c1-20-21(18-12-10-14-6-2-4-8-16(14)18)19-13-11-15-7-3-5-9-17(15)19;;/h2-13,18-19H,1H3;;/q;+1;-1. The molecule has 3 heteroatoms. The SMILES string of the molecule is CO[Si](C1C=Cc2ccccc21)C1C=Cc2ccccc21.[H-].[Na+]. The van der Waals surface area contributed by atoms with Gasteiger partial charge < -0.3 is 5.85 Å². The van der Waals surface area contributed by atoms with E-state index in [2.05, 4.69) is 72.8 Å². The van der Waals surface area contributed by atoms with Crippen molar-refractivity contribution in [3.05, 3.63) is 82.9 Å². The molecule has 0 aromatic heterocycles. The summed E-state index contributed by atoms with van der Waals surface area (Å²) >= 11 is 0. The summed E-state index contributed by atoms with van der Waals surface area (Å²) in [4.78, 5) is 0. The fourth-order valence-corrected chi connectivity index (χ4v) is 6.05. The van der Waals surface area contributed by atoms with E-state index in [0.29, 0.717) is 11.1 Å². The number of rotatable bonds is 3. The molecule has 2 aromatic rings. The zero-order chi connectivity index (χ0) is 14.2. The third kappa shape index (κ3) is 2.59. The van der Waals surface area contributed by atoms with E-state index >= 15 is 0 Å². The second kappa shape index (κ2) is 6.69. The Morgan fingerprint density at radius 1 is 0.818 bits per heavy atom. The maximum absolute atomic E-state index is 6.03. The van der Waals surface area contributed by atoms with Gasteiger partial charge in [0.25, 0.3) is 0 Å². The van der Waals surface area contributed by atoms with Crippen LogP contribution < -0.4 is 29.6 Å². The van der Waals surface area contributed by atoms with Gasteiger partial charge in [0.1, 0.15) is 0 Å². The first-order valence-corrected chi connectivity index (χ1v) is 8.90. The van der Waals surface area contributed by atoms with Gasteiger partial charge in [0, 0.05) is 18.2 Å². The number of fused-ring (bicyclic) bond motifs is 2. The van der Waals surface area contributed by atoms with Crippen molar-refractivity contribution < 1.29 is 35.4 Å². The Morgan fingerprint density at radius 2 is 1.27 bits per heavy atom. The zero-order valence-corrected chi connectivity index (χ0v) is 16.0. The van der Waals surface area contributed by atoms with Crippen molar-refractivity contribution in [3.63, 3.8) is 0 Å². The summed E-state index contributed by atoms with van der Waals surface area (Å²) in [6, 6.07) is 17.4. The van der Waals surface area contributed by atoms with E-state index in [1.165, 1.54) is 22.3 Å². The predicted molar refractivity (Wildman–Crippen MR) is 90.3 cm³/mol. The van der Waals surface area contributed by atoms with Crippen molar-refractivity contribution in [1.82, 2.24) is 0 Å². The third-order valence-corrected chi connectivity index (χ3v) is 7.15. The smallest absolute Gasteiger partial charge is 1.00 e. The Morgan fingerprint density at radius 3 is 1.73 bits per heavy atom. The monoisotopic (exact) mass is 313 g/mol. The van der Waals surface area contributed by atoms with Gasteiger partial charge in [0.05, 0.1) is 0 Å². The number of benzene rings is 2. The first-order valence-electron chi connectivity index (χ1n) is 7.33. The Hall–Kier alpha value is -0.903. The van der Waals surface area contributed by atoms with Crippen molar-refractivity contribution in [2.75, 3.05) is 7.11 Å². The van der Waals surface area contributed by atoms with Crippen LogP contribution in [-0.2, 0) is 4.43 Å². The molecule has 105 valence electrons. The summed E-state index contributed by atoms with van der Waals surface area (Å²) in [5, 5.41) is 0. The van der Waals surface area contributed by atoms with Crippen LogP contribution in [0.3, 0.4) is 0 Å². The number of hydrogen-bond acceptors (Lipinski definition) is 1. The molecule has 0 spiro atoms. The summed E-state index contributed by atoms with van der Waals surface area (Å²) in [6.07, 6.45) is 9.15. The molecule has 0 saturated carbocycles. The van der Waals surface area contributed by atoms with Crippen molar-refractivity contribution >= 4 is 21.2 Å². The minimum atomic E-state index is -1.04. The first-order chi connectivity index (χ1) is 10.4. The van der Waals surface area contributed by atoms with Gasteiger partial charge in [-0.05, 0) is 22.3 Å². The quantitative estimate of drug-likeness (QED) is 0.779. The van der Waals surface area contributed by atoms with Crippen LogP contribution in [0.15, 0.2) is 60.7 Å². The van der Waals surface area contributed by atoms with E-state index in [-0.39, 0.29) is 31.0 Å². The van der Waals surface area contributed by atoms with E-state index in [1.54, 1.807) is 0 Å². The molecular formula is C19H18NaOSi. The van der Waals surface area contributed by atoms with Crippen molar-refractivity contribution in [2.45, 2.75) is 11.1 Å². The zero-order valence-electron chi connectivity index (χ0n) is 14.0. The minimum absolute atomic E-state index is 0. The third-order valence-electron chi connectivity index (χ3n) is 4.45. The van der Waals surface area contributed by atoms with Crippen LogP contribution in [0.5, 0.6) is 0 Å². The predicted octanol–water partition coefficient (Wildman–Crippen LogP) is 1.44. The van der Waals surface area contributed by atoms with Gasteiger partial charge in [-0.15, -0.1) is 0 Å². The van der Waals surface area contributed by atoms with Crippen LogP contribution >= 0.6 is 0 Å². The van der Waals surface area contributed by atoms with E-state index in [9.17, 15) is 0 Å².